The Hall–Kier alpha value is -2.63. The van der Waals surface area contributed by atoms with Crippen LogP contribution in [0.5, 0.6) is 0 Å². The molecule has 3 rings (SSSR count). The first-order valence-electron chi connectivity index (χ1n) is 7.23. The number of carbonyl (C=O) groups is 1. The van der Waals surface area contributed by atoms with Crippen LogP contribution in [-0.2, 0) is 4.79 Å². The monoisotopic (exact) mass is 299 g/mol. The van der Waals surface area contributed by atoms with Gasteiger partial charge in [-0.15, -0.1) is 0 Å². The Balaban J connectivity index is 2.09. The fraction of sp³-hybridized carbons (Fsp3) is 0.312. The molecule has 114 valence electrons. The molecule has 6 nitrogen and oxygen atoms in total. The summed E-state index contributed by atoms with van der Waals surface area (Å²) < 4.78 is 5.80. The summed E-state index contributed by atoms with van der Waals surface area (Å²) in [6, 6.07) is 6.83. The number of nitrogens with one attached hydrogen (secondary N) is 1. The van der Waals surface area contributed by atoms with Gasteiger partial charge in [0, 0.05) is 5.39 Å². The Labute approximate surface area is 127 Å². The lowest BCUT2D eigenvalue weighted by Gasteiger charge is -2.20. The number of nitrogens with zero attached hydrogens (tertiary/aromatic N) is 2. The van der Waals surface area contributed by atoms with Gasteiger partial charge in [-0.25, -0.2) is 14.8 Å². The van der Waals surface area contributed by atoms with E-state index in [1.54, 1.807) is 0 Å². The Kier molecular flexibility index (Phi) is 3.66. The highest BCUT2D eigenvalue weighted by molar-refractivity contribution is 6.05. The van der Waals surface area contributed by atoms with Crippen LogP contribution in [0.4, 0.5) is 5.82 Å². The number of hydrogen-bond donors (Lipinski definition) is 2. The number of para-hydroxylation sites is 1. The van der Waals surface area contributed by atoms with Gasteiger partial charge in [-0.3, -0.25) is 0 Å². The number of furan rings is 1. The van der Waals surface area contributed by atoms with Crippen LogP contribution in [0.1, 0.15) is 20.3 Å². The second-order valence-electron chi connectivity index (χ2n) is 5.34. The van der Waals surface area contributed by atoms with E-state index in [1.807, 2.05) is 38.1 Å². The highest BCUT2D eigenvalue weighted by Gasteiger charge is 2.25. The van der Waals surface area contributed by atoms with Crippen LogP contribution in [0.3, 0.4) is 0 Å². The number of fused-ring (bicyclic) bond motifs is 3. The third-order valence-electron chi connectivity index (χ3n) is 3.93. The lowest BCUT2D eigenvalue weighted by molar-refractivity contribution is -0.139. The zero-order chi connectivity index (χ0) is 15.7. The normalized spacial score (nSPS) is 14.1. The second-order valence-corrected chi connectivity index (χ2v) is 5.34. The molecule has 6 heteroatoms. The van der Waals surface area contributed by atoms with E-state index in [0.717, 1.165) is 11.8 Å². The summed E-state index contributed by atoms with van der Waals surface area (Å²) in [6.45, 7) is 3.85. The van der Waals surface area contributed by atoms with Gasteiger partial charge >= 0.3 is 5.97 Å². The minimum atomic E-state index is -0.905. The summed E-state index contributed by atoms with van der Waals surface area (Å²) in [5.74, 6) is -0.530. The Bertz CT molecular complexity index is 828. The van der Waals surface area contributed by atoms with Crippen LogP contribution in [0.15, 0.2) is 35.0 Å². The van der Waals surface area contributed by atoms with E-state index in [4.69, 9.17) is 4.42 Å². The summed E-state index contributed by atoms with van der Waals surface area (Å²) in [5, 5.41) is 13.3. The fourth-order valence-electron chi connectivity index (χ4n) is 2.46. The molecule has 1 unspecified atom stereocenters. The van der Waals surface area contributed by atoms with Crippen molar-refractivity contribution in [2.75, 3.05) is 5.32 Å². The van der Waals surface area contributed by atoms with Crippen molar-refractivity contribution in [3.05, 3.63) is 30.6 Å². The fourth-order valence-corrected chi connectivity index (χ4v) is 2.46. The molecule has 0 spiro atoms. The zero-order valence-corrected chi connectivity index (χ0v) is 12.4. The number of hydrogen-bond acceptors (Lipinski definition) is 5. The molecule has 0 radical (unpaired) electrons. The van der Waals surface area contributed by atoms with Gasteiger partial charge in [0.1, 0.15) is 23.5 Å². The average Bonchev–Trinajstić information content (AvgIpc) is 2.91. The Morgan fingerprint density at radius 2 is 2.14 bits per heavy atom. The van der Waals surface area contributed by atoms with Gasteiger partial charge in [0.05, 0.1) is 0 Å². The zero-order valence-electron chi connectivity index (χ0n) is 12.4. The van der Waals surface area contributed by atoms with E-state index in [-0.39, 0.29) is 5.92 Å². The maximum absolute atomic E-state index is 11.5. The molecule has 0 aliphatic carbocycles. The molecule has 2 aromatic heterocycles. The van der Waals surface area contributed by atoms with Crippen molar-refractivity contribution in [3.63, 3.8) is 0 Å². The summed E-state index contributed by atoms with van der Waals surface area (Å²) >= 11 is 0. The van der Waals surface area contributed by atoms with Crippen LogP contribution in [-0.4, -0.2) is 27.1 Å². The highest BCUT2D eigenvalue weighted by Crippen LogP contribution is 2.31. The van der Waals surface area contributed by atoms with Gasteiger partial charge in [0.15, 0.2) is 11.4 Å². The molecule has 0 aliphatic rings. The van der Waals surface area contributed by atoms with Crippen molar-refractivity contribution >= 4 is 33.9 Å². The third kappa shape index (κ3) is 2.36. The maximum Gasteiger partial charge on any atom is 0.326 e. The molecule has 22 heavy (non-hydrogen) atoms. The van der Waals surface area contributed by atoms with E-state index in [9.17, 15) is 9.90 Å². The van der Waals surface area contributed by atoms with E-state index in [2.05, 4.69) is 15.3 Å². The molecule has 2 N–H and O–H groups in total. The Morgan fingerprint density at radius 1 is 1.36 bits per heavy atom. The lowest BCUT2D eigenvalue weighted by atomic mass is 9.99. The number of carboxylic acid groups (broad SMARTS) is 1. The summed E-state index contributed by atoms with van der Waals surface area (Å²) in [5.41, 5.74) is 1.87. The first-order valence-corrected chi connectivity index (χ1v) is 7.23. The van der Waals surface area contributed by atoms with Crippen LogP contribution in [0, 0.1) is 5.92 Å². The number of carboxylic acids is 1. The van der Waals surface area contributed by atoms with E-state index < -0.39 is 12.0 Å². The predicted octanol–water partition coefficient (Wildman–Crippen LogP) is 3.29. The van der Waals surface area contributed by atoms with E-state index >= 15 is 0 Å². The van der Waals surface area contributed by atoms with Crippen LogP contribution in [0.25, 0.3) is 22.1 Å². The quantitative estimate of drug-likeness (QED) is 0.751. The smallest absolute Gasteiger partial charge is 0.326 e. The lowest BCUT2D eigenvalue weighted by Crippen LogP contribution is -2.35. The summed E-state index contributed by atoms with van der Waals surface area (Å²) in [6.07, 6.45) is 2.17. The number of aliphatic carboxylic acids is 1. The van der Waals surface area contributed by atoms with Gasteiger partial charge < -0.3 is 14.8 Å². The minimum Gasteiger partial charge on any atom is -0.480 e. The molecule has 0 aliphatic heterocycles. The van der Waals surface area contributed by atoms with Crippen molar-refractivity contribution in [2.24, 2.45) is 5.92 Å². The second kappa shape index (κ2) is 5.63. The molecule has 0 bridgehead atoms. The van der Waals surface area contributed by atoms with Gasteiger partial charge in [-0.05, 0) is 18.1 Å². The molecule has 0 fully saturated rings. The summed E-state index contributed by atoms with van der Waals surface area (Å²) in [4.78, 5) is 19.9. The number of benzene rings is 1. The topological polar surface area (TPSA) is 88.3 Å². The molecule has 0 saturated carbocycles. The van der Waals surface area contributed by atoms with E-state index in [0.29, 0.717) is 22.5 Å². The van der Waals surface area contributed by atoms with Gasteiger partial charge in [0.25, 0.3) is 0 Å². The van der Waals surface area contributed by atoms with Crippen molar-refractivity contribution in [3.8, 4) is 0 Å². The first-order chi connectivity index (χ1) is 10.6. The standard InChI is InChI=1S/C16H17N3O3/c1-3-9(2)12(16(20)21)19-15-14-13(17-8-18-15)10-6-4-5-7-11(10)22-14/h4-9,12H,3H2,1-2H3,(H,20,21)(H,17,18,19)/t9?,12-/m0/s1. The van der Waals surface area contributed by atoms with Gasteiger partial charge in [0.2, 0.25) is 0 Å². The highest BCUT2D eigenvalue weighted by atomic mass is 16.4. The van der Waals surface area contributed by atoms with Crippen molar-refractivity contribution < 1.29 is 14.3 Å². The third-order valence-corrected chi connectivity index (χ3v) is 3.93. The van der Waals surface area contributed by atoms with Gasteiger partial charge in [-0.1, -0.05) is 32.4 Å². The predicted molar refractivity (Wildman–Crippen MR) is 83.8 cm³/mol. The average molecular weight is 299 g/mol. The molecular weight excluding hydrogens is 282 g/mol. The molecule has 2 heterocycles. The molecule has 0 amide bonds. The maximum atomic E-state index is 11.5. The van der Waals surface area contributed by atoms with Crippen molar-refractivity contribution in [1.82, 2.24) is 9.97 Å². The number of aromatic nitrogens is 2. The Morgan fingerprint density at radius 3 is 2.86 bits per heavy atom. The SMILES string of the molecule is CCC(C)[C@H](Nc1ncnc2c1oc1ccccc12)C(=O)O. The first kappa shape index (κ1) is 14.3. The minimum absolute atomic E-state index is 0.0353. The molecule has 0 saturated heterocycles. The summed E-state index contributed by atoms with van der Waals surface area (Å²) in [7, 11) is 0. The number of rotatable bonds is 5. The van der Waals surface area contributed by atoms with Crippen molar-refractivity contribution in [1.29, 1.82) is 0 Å². The van der Waals surface area contributed by atoms with Crippen molar-refractivity contribution in [2.45, 2.75) is 26.3 Å². The number of anilines is 1. The van der Waals surface area contributed by atoms with Crippen LogP contribution >= 0.6 is 0 Å². The molecule has 1 aromatic carbocycles. The largest absolute Gasteiger partial charge is 0.480 e. The van der Waals surface area contributed by atoms with E-state index in [1.165, 1.54) is 6.33 Å². The van der Waals surface area contributed by atoms with Gasteiger partial charge in [-0.2, -0.15) is 0 Å². The molecule has 3 aromatic rings. The van der Waals surface area contributed by atoms with Crippen LogP contribution in [0.2, 0.25) is 0 Å². The van der Waals surface area contributed by atoms with Crippen LogP contribution < -0.4 is 5.32 Å². The molecule has 2 atom stereocenters. The molecular formula is C16H17N3O3.